The first kappa shape index (κ1) is 22.1. The van der Waals surface area contributed by atoms with Gasteiger partial charge >= 0.3 is 0 Å². The Kier molecular flexibility index (Phi) is 6.36. The van der Waals surface area contributed by atoms with Crippen LogP contribution in [0.3, 0.4) is 0 Å². The number of rotatable bonds is 7. The molecular weight excluding hydrogens is 442 g/mol. The third-order valence-electron chi connectivity index (χ3n) is 5.00. The average Bonchev–Trinajstić information content (AvgIpc) is 3.15. The summed E-state index contributed by atoms with van der Waals surface area (Å²) in [5.41, 5.74) is 3.69. The number of amides is 1. The summed E-state index contributed by atoms with van der Waals surface area (Å²) < 4.78 is 29.5. The van der Waals surface area contributed by atoms with Gasteiger partial charge in [-0.15, -0.1) is 0 Å². The molecule has 0 bridgehead atoms. The topological polar surface area (TPSA) is 88.2 Å². The molecule has 2 N–H and O–H groups in total. The molecule has 4 rings (SSSR count). The zero-order chi connectivity index (χ0) is 22.7. The minimum atomic E-state index is -3.89. The van der Waals surface area contributed by atoms with E-state index >= 15 is 0 Å². The fraction of sp³-hybridized carbons (Fsp3) is 0.167. The summed E-state index contributed by atoms with van der Waals surface area (Å²) in [7, 11) is -3.89. The molecule has 4 aromatic rings. The lowest BCUT2D eigenvalue weighted by Crippen LogP contribution is -2.45. The number of nitrogens with one attached hydrogen (secondary N) is 2. The molecule has 0 unspecified atom stereocenters. The van der Waals surface area contributed by atoms with Crippen molar-refractivity contribution in [2.45, 2.75) is 31.2 Å². The second-order valence-electron chi connectivity index (χ2n) is 7.66. The lowest BCUT2D eigenvalue weighted by molar-refractivity contribution is -0.117. The number of thiazole rings is 1. The van der Waals surface area contributed by atoms with Crippen LogP contribution in [0.15, 0.2) is 77.7 Å². The van der Waals surface area contributed by atoms with Gasteiger partial charge in [0.1, 0.15) is 6.04 Å². The highest BCUT2D eigenvalue weighted by molar-refractivity contribution is 7.89. The molecule has 8 heteroatoms. The molecule has 0 aliphatic carbocycles. The first-order valence-corrected chi connectivity index (χ1v) is 12.4. The number of fused-ring (bicyclic) bond motifs is 1. The maximum atomic E-state index is 13.2. The van der Waals surface area contributed by atoms with Crippen LogP contribution in [0.25, 0.3) is 10.2 Å². The number of benzene rings is 3. The highest BCUT2D eigenvalue weighted by Gasteiger charge is 2.27. The molecule has 0 fully saturated rings. The van der Waals surface area contributed by atoms with Gasteiger partial charge in [0.25, 0.3) is 0 Å². The van der Waals surface area contributed by atoms with E-state index in [0.717, 1.165) is 26.9 Å². The van der Waals surface area contributed by atoms with Gasteiger partial charge in [0, 0.05) is 0 Å². The minimum absolute atomic E-state index is 0.115. The number of nitrogens with zero attached hydrogens (tertiary/aromatic N) is 1. The largest absolute Gasteiger partial charge is 0.301 e. The summed E-state index contributed by atoms with van der Waals surface area (Å²) >= 11 is 1.36. The molecule has 1 atom stereocenters. The van der Waals surface area contributed by atoms with Crippen molar-refractivity contribution in [1.29, 1.82) is 0 Å². The van der Waals surface area contributed by atoms with Crippen LogP contribution >= 0.6 is 11.3 Å². The van der Waals surface area contributed by atoms with Crippen molar-refractivity contribution in [3.8, 4) is 0 Å². The zero-order valence-electron chi connectivity index (χ0n) is 17.7. The van der Waals surface area contributed by atoms with Crippen LogP contribution < -0.4 is 10.0 Å². The first-order valence-electron chi connectivity index (χ1n) is 10.1. The van der Waals surface area contributed by atoms with Crippen LogP contribution in [0.4, 0.5) is 5.13 Å². The average molecular weight is 466 g/mol. The van der Waals surface area contributed by atoms with Crippen LogP contribution in [0, 0.1) is 13.8 Å². The fourth-order valence-electron chi connectivity index (χ4n) is 3.29. The lowest BCUT2D eigenvalue weighted by atomic mass is 10.1. The normalized spacial score (nSPS) is 12.6. The number of hydrogen-bond donors (Lipinski definition) is 2. The van der Waals surface area contributed by atoms with Gasteiger partial charge in [-0.3, -0.25) is 4.79 Å². The Balaban J connectivity index is 1.60. The third-order valence-corrected chi connectivity index (χ3v) is 7.42. The van der Waals surface area contributed by atoms with E-state index in [1.165, 1.54) is 23.5 Å². The fourth-order valence-corrected chi connectivity index (χ4v) is 5.45. The van der Waals surface area contributed by atoms with Crippen LogP contribution in [0.1, 0.15) is 16.7 Å². The van der Waals surface area contributed by atoms with E-state index in [2.05, 4.69) is 15.0 Å². The number of carbonyl (C=O) groups excluding carboxylic acids is 1. The van der Waals surface area contributed by atoms with Crippen molar-refractivity contribution in [3.05, 3.63) is 89.5 Å². The SMILES string of the molecule is Cc1ccc(S(=O)(=O)N[C@H](Cc2ccccc2)C(=O)Nc2nc3ccc(C)cc3s2)cc1. The van der Waals surface area contributed by atoms with Crippen LogP contribution in [-0.4, -0.2) is 25.4 Å². The Morgan fingerprint density at radius 1 is 0.969 bits per heavy atom. The summed E-state index contributed by atoms with van der Waals surface area (Å²) in [6.07, 6.45) is 0.210. The van der Waals surface area contributed by atoms with Gasteiger partial charge in [-0.2, -0.15) is 4.72 Å². The van der Waals surface area contributed by atoms with E-state index in [1.807, 2.05) is 62.4 Å². The third kappa shape index (κ3) is 5.21. The Hall–Kier alpha value is -3.07. The summed E-state index contributed by atoms with van der Waals surface area (Å²) in [5.74, 6) is -0.458. The molecule has 1 aromatic heterocycles. The molecule has 1 amide bonds. The molecule has 3 aromatic carbocycles. The highest BCUT2D eigenvalue weighted by Crippen LogP contribution is 2.27. The standard InChI is InChI=1S/C24H23N3O3S2/c1-16-8-11-19(12-9-16)32(29,30)27-21(15-18-6-4-3-5-7-18)23(28)26-24-25-20-13-10-17(2)14-22(20)31-24/h3-14,21,27H,15H2,1-2H3,(H,25,26,28)/t21-/m1/s1. The van der Waals surface area contributed by atoms with E-state index in [0.29, 0.717) is 5.13 Å². The Bertz CT molecular complexity index is 1350. The number of carbonyl (C=O) groups is 1. The maximum absolute atomic E-state index is 13.2. The van der Waals surface area contributed by atoms with Crippen molar-refractivity contribution in [2.24, 2.45) is 0 Å². The maximum Gasteiger partial charge on any atom is 0.244 e. The van der Waals surface area contributed by atoms with Crippen molar-refractivity contribution in [2.75, 3.05) is 5.32 Å². The summed E-state index contributed by atoms with van der Waals surface area (Å²) in [4.78, 5) is 17.7. The van der Waals surface area contributed by atoms with Crippen LogP contribution in [-0.2, 0) is 21.2 Å². The van der Waals surface area contributed by atoms with E-state index in [4.69, 9.17) is 0 Å². The smallest absolute Gasteiger partial charge is 0.244 e. The van der Waals surface area contributed by atoms with Gasteiger partial charge < -0.3 is 5.32 Å². The van der Waals surface area contributed by atoms with Gasteiger partial charge in [0.2, 0.25) is 15.9 Å². The highest BCUT2D eigenvalue weighted by atomic mass is 32.2. The van der Waals surface area contributed by atoms with Gasteiger partial charge in [0.15, 0.2) is 5.13 Å². The number of aromatic nitrogens is 1. The van der Waals surface area contributed by atoms with Crippen molar-refractivity contribution in [3.63, 3.8) is 0 Å². The van der Waals surface area contributed by atoms with Gasteiger partial charge in [-0.05, 0) is 55.7 Å². The Morgan fingerprint density at radius 3 is 2.38 bits per heavy atom. The van der Waals surface area contributed by atoms with E-state index in [9.17, 15) is 13.2 Å². The number of anilines is 1. The van der Waals surface area contributed by atoms with Crippen LogP contribution in [0.5, 0.6) is 0 Å². The molecule has 0 saturated carbocycles. The summed E-state index contributed by atoms with van der Waals surface area (Å²) in [6, 6.07) is 20.7. The molecule has 0 aliphatic heterocycles. The monoisotopic (exact) mass is 465 g/mol. The van der Waals surface area contributed by atoms with Crippen molar-refractivity contribution >= 4 is 42.6 Å². The van der Waals surface area contributed by atoms with Gasteiger partial charge in [0.05, 0.1) is 15.1 Å². The number of aryl methyl sites for hydroxylation is 2. The predicted molar refractivity (Wildman–Crippen MR) is 128 cm³/mol. The zero-order valence-corrected chi connectivity index (χ0v) is 19.3. The molecule has 6 nitrogen and oxygen atoms in total. The van der Waals surface area contributed by atoms with Crippen LogP contribution in [0.2, 0.25) is 0 Å². The minimum Gasteiger partial charge on any atom is -0.301 e. The molecule has 0 aliphatic rings. The molecular formula is C24H23N3O3S2. The molecule has 164 valence electrons. The molecule has 0 saturated heterocycles. The quantitative estimate of drug-likeness (QED) is 0.422. The summed E-state index contributed by atoms with van der Waals surface area (Å²) in [6.45, 7) is 3.88. The summed E-state index contributed by atoms with van der Waals surface area (Å²) in [5, 5.41) is 3.23. The molecule has 32 heavy (non-hydrogen) atoms. The van der Waals surface area contributed by atoms with Crippen molar-refractivity contribution < 1.29 is 13.2 Å². The molecule has 0 spiro atoms. The predicted octanol–water partition coefficient (Wildman–Crippen LogP) is 4.44. The second kappa shape index (κ2) is 9.20. The second-order valence-corrected chi connectivity index (χ2v) is 10.4. The van der Waals surface area contributed by atoms with Gasteiger partial charge in [-0.1, -0.05) is 65.4 Å². The van der Waals surface area contributed by atoms with E-state index < -0.39 is 22.0 Å². The number of sulfonamides is 1. The van der Waals surface area contributed by atoms with E-state index in [1.54, 1.807) is 12.1 Å². The lowest BCUT2D eigenvalue weighted by Gasteiger charge is -2.18. The van der Waals surface area contributed by atoms with Crippen molar-refractivity contribution in [1.82, 2.24) is 9.71 Å². The Morgan fingerprint density at radius 2 is 1.66 bits per heavy atom. The number of hydrogen-bond acceptors (Lipinski definition) is 5. The van der Waals surface area contributed by atoms with Gasteiger partial charge in [-0.25, -0.2) is 13.4 Å². The van der Waals surface area contributed by atoms with E-state index in [-0.39, 0.29) is 11.3 Å². The Labute approximate surface area is 191 Å². The molecule has 1 heterocycles. The molecule has 0 radical (unpaired) electrons. The first-order chi connectivity index (χ1) is 15.3.